The van der Waals surface area contributed by atoms with Gasteiger partial charge in [0.2, 0.25) is 0 Å². The summed E-state index contributed by atoms with van der Waals surface area (Å²) in [5.41, 5.74) is 0. The molecule has 1 fully saturated rings. The molecular weight excluding hydrogens is 208 g/mol. The zero-order valence-electron chi connectivity index (χ0n) is 12.2. The Morgan fingerprint density at radius 1 is 1.29 bits per heavy atom. The molecule has 0 aromatic carbocycles. The Hall–Kier alpha value is -0.0800. The SMILES string of the molecule is CCCC1CCCCN1CCCC(CC)NC. The summed E-state index contributed by atoms with van der Waals surface area (Å²) >= 11 is 0. The normalized spacial score (nSPS) is 23.8. The Balaban J connectivity index is 2.23. The molecule has 2 heteroatoms. The van der Waals surface area contributed by atoms with Gasteiger partial charge in [-0.15, -0.1) is 0 Å². The minimum absolute atomic E-state index is 0.726. The summed E-state index contributed by atoms with van der Waals surface area (Å²) in [6.07, 6.45) is 11.0. The van der Waals surface area contributed by atoms with Gasteiger partial charge in [-0.3, -0.25) is 0 Å². The molecule has 0 aromatic heterocycles. The predicted molar refractivity (Wildman–Crippen MR) is 76.5 cm³/mol. The van der Waals surface area contributed by atoms with Crippen LogP contribution in [0, 0.1) is 0 Å². The summed E-state index contributed by atoms with van der Waals surface area (Å²) in [4.78, 5) is 2.76. The van der Waals surface area contributed by atoms with Gasteiger partial charge < -0.3 is 10.2 Å². The fourth-order valence-electron chi connectivity index (χ4n) is 3.11. The maximum Gasteiger partial charge on any atom is 0.00951 e. The third-order valence-electron chi connectivity index (χ3n) is 4.27. The summed E-state index contributed by atoms with van der Waals surface area (Å²) in [6, 6.07) is 1.62. The van der Waals surface area contributed by atoms with Crippen molar-refractivity contribution in [3.8, 4) is 0 Å². The number of nitrogens with zero attached hydrogens (tertiary/aromatic N) is 1. The van der Waals surface area contributed by atoms with Gasteiger partial charge in [-0.25, -0.2) is 0 Å². The zero-order valence-corrected chi connectivity index (χ0v) is 12.2. The van der Waals surface area contributed by atoms with E-state index >= 15 is 0 Å². The van der Waals surface area contributed by atoms with E-state index in [1.807, 2.05) is 0 Å². The Morgan fingerprint density at radius 2 is 2.12 bits per heavy atom. The Bertz CT molecular complexity index is 176. The Labute approximate surface area is 108 Å². The first-order valence-corrected chi connectivity index (χ1v) is 7.73. The van der Waals surface area contributed by atoms with E-state index in [4.69, 9.17) is 0 Å². The van der Waals surface area contributed by atoms with Crippen LogP contribution in [-0.4, -0.2) is 37.1 Å². The molecule has 0 saturated carbocycles. The van der Waals surface area contributed by atoms with E-state index in [1.165, 1.54) is 64.5 Å². The Morgan fingerprint density at radius 3 is 2.76 bits per heavy atom. The number of hydrogen-bond donors (Lipinski definition) is 1. The standard InChI is InChI=1S/C15H32N2/c1-4-9-15-11-6-7-12-17(15)13-8-10-14(5-2)16-3/h14-16H,4-13H2,1-3H3. The lowest BCUT2D eigenvalue weighted by Gasteiger charge is -2.36. The summed E-state index contributed by atoms with van der Waals surface area (Å²) in [6.45, 7) is 7.27. The molecule has 0 aromatic rings. The van der Waals surface area contributed by atoms with Gasteiger partial charge >= 0.3 is 0 Å². The largest absolute Gasteiger partial charge is 0.317 e. The molecule has 1 N–H and O–H groups in total. The third-order valence-corrected chi connectivity index (χ3v) is 4.27. The number of rotatable bonds is 8. The highest BCUT2D eigenvalue weighted by Crippen LogP contribution is 2.21. The first-order valence-electron chi connectivity index (χ1n) is 7.73. The molecule has 1 saturated heterocycles. The first-order chi connectivity index (χ1) is 8.31. The van der Waals surface area contributed by atoms with E-state index in [-0.39, 0.29) is 0 Å². The van der Waals surface area contributed by atoms with Crippen LogP contribution >= 0.6 is 0 Å². The summed E-state index contributed by atoms with van der Waals surface area (Å²) in [5, 5.41) is 3.41. The molecule has 102 valence electrons. The second-order valence-corrected chi connectivity index (χ2v) is 5.51. The highest BCUT2D eigenvalue weighted by atomic mass is 15.2. The first kappa shape index (κ1) is 15.0. The van der Waals surface area contributed by atoms with Crippen molar-refractivity contribution in [1.29, 1.82) is 0 Å². The predicted octanol–water partition coefficient (Wildman–Crippen LogP) is 3.42. The molecule has 0 spiro atoms. The van der Waals surface area contributed by atoms with Crippen LogP contribution in [0.5, 0.6) is 0 Å². The molecule has 1 heterocycles. The minimum atomic E-state index is 0.726. The molecule has 1 aliphatic rings. The van der Waals surface area contributed by atoms with Crippen molar-refractivity contribution < 1.29 is 0 Å². The van der Waals surface area contributed by atoms with E-state index in [9.17, 15) is 0 Å². The van der Waals surface area contributed by atoms with Crippen molar-refractivity contribution in [2.45, 2.75) is 77.3 Å². The maximum atomic E-state index is 3.41. The second-order valence-electron chi connectivity index (χ2n) is 5.51. The fourth-order valence-corrected chi connectivity index (χ4v) is 3.11. The van der Waals surface area contributed by atoms with Crippen LogP contribution in [0.25, 0.3) is 0 Å². The van der Waals surface area contributed by atoms with Crippen LogP contribution < -0.4 is 5.32 Å². The zero-order chi connectivity index (χ0) is 12.5. The summed E-state index contributed by atoms with van der Waals surface area (Å²) in [5.74, 6) is 0. The van der Waals surface area contributed by atoms with Gasteiger partial charge in [0.1, 0.15) is 0 Å². The van der Waals surface area contributed by atoms with Crippen LogP contribution in [0.2, 0.25) is 0 Å². The van der Waals surface area contributed by atoms with Gasteiger partial charge in [0.25, 0.3) is 0 Å². The van der Waals surface area contributed by atoms with Crippen LogP contribution in [-0.2, 0) is 0 Å². The highest BCUT2D eigenvalue weighted by Gasteiger charge is 2.20. The summed E-state index contributed by atoms with van der Waals surface area (Å²) < 4.78 is 0. The average Bonchev–Trinajstić information content (AvgIpc) is 2.37. The van der Waals surface area contributed by atoms with Gasteiger partial charge in [-0.1, -0.05) is 26.7 Å². The summed E-state index contributed by atoms with van der Waals surface area (Å²) in [7, 11) is 2.09. The third kappa shape index (κ3) is 5.39. The smallest absolute Gasteiger partial charge is 0.00951 e. The number of likely N-dealkylation sites (tertiary alicyclic amines) is 1. The van der Waals surface area contributed by atoms with Crippen LogP contribution in [0.3, 0.4) is 0 Å². The second kappa shape index (κ2) is 8.93. The van der Waals surface area contributed by atoms with E-state index in [0.29, 0.717) is 0 Å². The van der Waals surface area contributed by atoms with Gasteiger partial charge in [0, 0.05) is 12.1 Å². The minimum Gasteiger partial charge on any atom is -0.317 e. The monoisotopic (exact) mass is 240 g/mol. The van der Waals surface area contributed by atoms with Gasteiger partial charge in [-0.05, 0) is 58.7 Å². The average molecular weight is 240 g/mol. The molecule has 1 aliphatic heterocycles. The van der Waals surface area contributed by atoms with Crippen molar-refractivity contribution in [1.82, 2.24) is 10.2 Å². The number of piperidine rings is 1. The molecular formula is C15H32N2. The molecule has 0 amide bonds. The van der Waals surface area contributed by atoms with E-state index < -0.39 is 0 Å². The van der Waals surface area contributed by atoms with Gasteiger partial charge in [0.15, 0.2) is 0 Å². The van der Waals surface area contributed by atoms with Crippen LogP contribution in [0.1, 0.15) is 65.2 Å². The molecule has 0 bridgehead atoms. The van der Waals surface area contributed by atoms with E-state index in [2.05, 4.69) is 31.1 Å². The van der Waals surface area contributed by atoms with Crippen molar-refractivity contribution in [3.05, 3.63) is 0 Å². The van der Waals surface area contributed by atoms with Crippen molar-refractivity contribution in [3.63, 3.8) is 0 Å². The van der Waals surface area contributed by atoms with Crippen molar-refractivity contribution in [2.24, 2.45) is 0 Å². The van der Waals surface area contributed by atoms with Crippen molar-refractivity contribution in [2.75, 3.05) is 20.1 Å². The molecule has 17 heavy (non-hydrogen) atoms. The quantitative estimate of drug-likeness (QED) is 0.699. The molecule has 1 rings (SSSR count). The highest BCUT2D eigenvalue weighted by molar-refractivity contribution is 4.77. The molecule has 0 radical (unpaired) electrons. The van der Waals surface area contributed by atoms with Crippen LogP contribution in [0.15, 0.2) is 0 Å². The number of nitrogens with one attached hydrogen (secondary N) is 1. The fraction of sp³-hybridized carbons (Fsp3) is 1.00. The lowest BCUT2D eigenvalue weighted by Crippen LogP contribution is -2.40. The molecule has 2 nitrogen and oxygen atoms in total. The van der Waals surface area contributed by atoms with E-state index in [0.717, 1.165) is 12.1 Å². The lowest BCUT2D eigenvalue weighted by molar-refractivity contribution is 0.135. The Kier molecular flexibility index (Phi) is 7.87. The molecule has 2 unspecified atom stereocenters. The molecule has 0 aliphatic carbocycles. The molecule has 2 atom stereocenters. The maximum absolute atomic E-state index is 3.41. The lowest BCUT2D eigenvalue weighted by atomic mass is 9.97. The number of hydrogen-bond acceptors (Lipinski definition) is 2. The topological polar surface area (TPSA) is 15.3 Å². The van der Waals surface area contributed by atoms with Gasteiger partial charge in [-0.2, -0.15) is 0 Å². The van der Waals surface area contributed by atoms with Gasteiger partial charge in [0.05, 0.1) is 0 Å². The van der Waals surface area contributed by atoms with E-state index in [1.54, 1.807) is 0 Å². The van der Waals surface area contributed by atoms with Crippen LogP contribution in [0.4, 0.5) is 0 Å². The van der Waals surface area contributed by atoms with Crippen molar-refractivity contribution >= 4 is 0 Å².